The number of ether oxygens (including phenoxy) is 2. The monoisotopic (exact) mass is 388 g/mol. The number of imide groups is 1. The second-order valence-electron chi connectivity index (χ2n) is 6.16. The molecule has 27 heavy (non-hydrogen) atoms. The van der Waals surface area contributed by atoms with Gasteiger partial charge in [-0.25, -0.2) is 9.78 Å². The zero-order valence-electron chi connectivity index (χ0n) is 14.4. The van der Waals surface area contributed by atoms with E-state index < -0.39 is 18.0 Å². The van der Waals surface area contributed by atoms with Gasteiger partial charge in [0, 0.05) is 5.38 Å². The molecule has 1 aromatic carbocycles. The number of anilines is 1. The third kappa shape index (κ3) is 3.56. The Balaban J connectivity index is 1.39. The predicted molar refractivity (Wildman–Crippen MR) is 95.5 cm³/mol. The number of aromatic nitrogens is 1. The van der Waals surface area contributed by atoms with E-state index in [4.69, 9.17) is 9.47 Å². The maximum absolute atomic E-state index is 12.5. The van der Waals surface area contributed by atoms with Gasteiger partial charge in [0.05, 0.1) is 18.7 Å². The fourth-order valence-electron chi connectivity index (χ4n) is 2.85. The van der Waals surface area contributed by atoms with Gasteiger partial charge < -0.3 is 20.1 Å². The smallest absolute Gasteiger partial charge is 0.325 e. The van der Waals surface area contributed by atoms with Crippen LogP contribution in [0.5, 0.6) is 11.5 Å². The van der Waals surface area contributed by atoms with Crippen molar-refractivity contribution < 1.29 is 23.9 Å². The quantitative estimate of drug-likeness (QED) is 0.754. The summed E-state index contributed by atoms with van der Waals surface area (Å²) < 4.78 is 10.6. The molecule has 1 atom stereocenters. The first-order valence-electron chi connectivity index (χ1n) is 8.22. The number of nitrogens with zero attached hydrogens (tertiary/aromatic N) is 2. The van der Waals surface area contributed by atoms with Crippen molar-refractivity contribution in [2.24, 2.45) is 0 Å². The van der Waals surface area contributed by atoms with Gasteiger partial charge in [-0.3, -0.25) is 14.5 Å². The number of carbonyl (C=O) groups is 3. The van der Waals surface area contributed by atoms with Crippen LogP contribution in [0, 0.1) is 6.92 Å². The maximum atomic E-state index is 12.5. The van der Waals surface area contributed by atoms with E-state index in [1.165, 1.54) is 11.3 Å². The Morgan fingerprint density at radius 2 is 2.19 bits per heavy atom. The van der Waals surface area contributed by atoms with Crippen LogP contribution in [0.1, 0.15) is 17.7 Å². The van der Waals surface area contributed by atoms with Crippen molar-refractivity contribution in [3.05, 3.63) is 34.8 Å². The number of benzene rings is 1. The summed E-state index contributed by atoms with van der Waals surface area (Å²) in [6.45, 7) is 2.06. The average molecular weight is 388 g/mol. The van der Waals surface area contributed by atoms with E-state index >= 15 is 0 Å². The van der Waals surface area contributed by atoms with Gasteiger partial charge in [0.15, 0.2) is 16.6 Å². The van der Waals surface area contributed by atoms with Crippen molar-refractivity contribution in [3.63, 3.8) is 0 Å². The molecule has 4 rings (SSSR count). The number of urea groups is 1. The Morgan fingerprint density at radius 3 is 2.96 bits per heavy atom. The average Bonchev–Trinajstić information content (AvgIpc) is 3.31. The highest BCUT2D eigenvalue weighted by molar-refractivity contribution is 7.13. The molecule has 0 spiro atoms. The van der Waals surface area contributed by atoms with Crippen LogP contribution in [0.3, 0.4) is 0 Å². The number of carbonyl (C=O) groups excluding carboxylic acids is 3. The molecule has 1 fully saturated rings. The minimum atomic E-state index is -0.896. The number of fused-ring (bicyclic) bond motifs is 1. The first-order chi connectivity index (χ1) is 13.0. The van der Waals surface area contributed by atoms with Crippen molar-refractivity contribution >= 4 is 34.3 Å². The standard InChI is InChI=1S/C17H16N4O5S/c1-9-7-27-16(18-9)20-14(22)5-11-15(23)21(17(24)19-11)6-10-2-3-12-13(4-10)26-8-25-12/h2-4,7,11H,5-6,8H2,1H3,(H,19,24)(H,18,20,22). The second-order valence-corrected chi connectivity index (χ2v) is 7.02. The summed E-state index contributed by atoms with van der Waals surface area (Å²) in [5, 5.41) is 7.46. The molecule has 1 saturated heterocycles. The van der Waals surface area contributed by atoms with Crippen LogP contribution in [0.2, 0.25) is 0 Å². The zero-order chi connectivity index (χ0) is 19.0. The summed E-state index contributed by atoms with van der Waals surface area (Å²) in [6, 6.07) is 3.80. The van der Waals surface area contributed by atoms with Crippen LogP contribution >= 0.6 is 11.3 Å². The van der Waals surface area contributed by atoms with E-state index in [1.54, 1.807) is 18.2 Å². The van der Waals surface area contributed by atoms with Gasteiger partial charge in [-0.1, -0.05) is 6.07 Å². The highest BCUT2D eigenvalue weighted by atomic mass is 32.1. The predicted octanol–water partition coefficient (Wildman–Crippen LogP) is 1.63. The second kappa shape index (κ2) is 6.88. The molecule has 1 aromatic heterocycles. The lowest BCUT2D eigenvalue weighted by molar-refractivity contribution is -0.130. The Kier molecular flexibility index (Phi) is 4.40. The number of amides is 4. The molecule has 0 radical (unpaired) electrons. The molecular weight excluding hydrogens is 372 g/mol. The van der Waals surface area contributed by atoms with Gasteiger partial charge >= 0.3 is 6.03 Å². The summed E-state index contributed by atoms with van der Waals surface area (Å²) in [7, 11) is 0. The fourth-order valence-corrected chi connectivity index (χ4v) is 3.56. The molecule has 0 bridgehead atoms. The number of aryl methyl sites for hydroxylation is 1. The van der Waals surface area contributed by atoms with Crippen molar-refractivity contribution in [1.82, 2.24) is 15.2 Å². The van der Waals surface area contributed by atoms with Crippen molar-refractivity contribution in [3.8, 4) is 11.5 Å². The molecule has 140 valence electrons. The summed E-state index contributed by atoms with van der Waals surface area (Å²) in [5.74, 6) is 0.383. The van der Waals surface area contributed by atoms with Crippen LogP contribution in [-0.4, -0.2) is 40.6 Å². The lowest BCUT2D eigenvalue weighted by Crippen LogP contribution is -2.34. The third-order valence-corrected chi connectivity index (χ3v) is 5.02. The van der Waals surface area contributed by atoms with Crippen LogP contribution in [0.15, 0.2) is 23.6 Å². The van der Waals surface area contributed by atoms with E-state index in [9.17, 15) is 14.4 Å². The lowest BCUT2D eigenvalue weighted by Gasteiger charge is -2.13. The Morgan fingerprint density at radius 1 is 1.37 bits per heavy atom. The summed E-state index contributed by atoms with van der Waals surface area (Å²) in [6.07, 6.45) is -0.152. The number of hydrogen-bond donors (Lipinski definition) is 2. The van der Waals surface area contributed by atoms with Crippen LogP contribution in [0.25, 0.3) is 0 Å². The normalized spacial score (nSPS) is 18.0. The highest BCUT2D eigenvalue weighted by Crippen LogP contribution is 2.33. The largest absolute Gasteiger partial charge is 0.454 e. The van der Waals surface area contributed by atoms with Gasteiger partial charge in [0.25, 0.3) is 5.91 Å². The van der Waals surface area contributed by atoms with Crippen LogP contribution < -0.4 is 20.1 Å². The van der Waals surface area contributed by atoms with Crippen molar-refractivity contribution in [2.45, 2.75) is 25.9 Å². The Labute approximate surface area is 158 Å². The minimum Gasteiger partial charge on any atom is -0.454 e. The molecule has 2 aromatic rings. The Bertz CT molecular complexity index is 928. The minimum absolute atomic E-state index is 0.0884. The number of hydrogen-bond acceptors (Lipinski definition) is 7. The fraction of sp³-hybridized carbons (Fsp3) is 0.294. The maximum Gasteiger partial charge on any atom is 0.325 e. The van der Waals surface area contributed by atoms with E-state index in [2.05, 4.69) is 15.6 Å². The summed E-state index contributed by atoms with van der Waals surface area (Å²) in [4.78, 5) is 42.1. The molecule has 2 N–H and O–H groups in total. The van der Waals surface area contributed by atoms with Gasteiger partial charge in [0.2, 0.25) is 12.7 Å². The number of rotatable bonds is 5. The van der Waals surface area contributed by atoms with Crippen LogP contribution in [-0.2, 0) is 16.1 Å². The first-order valence-corrected chi connectivity index (χ1v) is 9.10. The molecule has 2 aliphatic rings. The third-order valence-electron chi connectivity index (χ3n) is 4.14. The molecule has 1 unspecified atom stereocenters. The molecule has 4 amide bonds. The van der Waals surface area contributed by atoms with Gasteiger partial charge in [-0.15, -0.1) is 11.3 Å². The first kappa shape index (κ1) is 17.3. The SMILES string of the molecule is Cc1csc(NC(=O)CC2NC(=O)N(Cc3ccc4c(c3)OCO4)C2=O)n1. The topological polar surface area (TPSA) is 110 Å². The molecule has 0 saturated carbocycles. The molecule has 0 aliphatic carbocycles. The van der Waals surface area contributed by atoms with E-state index in [0.29, 0.717) is 16.6 Å². The number of nitrogens with one attached hydrogen (secondary N) is 2. The number of thiazole rings is 1. The zero-order valence-corrected chi connectivity index (χ0v) is 15.2. The molecule has 10 heteroatoms. The molecule has 3 heterocycles. The van der Waals surface area contributed by atoms with Gasteiger partial charge in [-0.05, 0) is 24.6 Å². The van der Waals surface area contributed by atoms with Crippen LogP contribution in [0.4, 0.5) is 9.93 Å². The lowest BCUT2D eigenvalue weighted by atomic mass is 10.1. The molecule has 9 nitrogen and oxygen atoms in total. The van der Waals surface area contributed by atoms with E-state index in [0.717, 1.165) is 16.2 Å². The summed E-state index contributed by atoms with van der Waals surface area (Å²) in [5.41, 5.74) is 1.53. The summed E-state index contributed by atoms with van der Waals surface area (Å²) >= 11 is 1.30. The van der Waals surface area contributed by atoms with Crippen molar-refractivity contribution in [2.75, 3.05) is 12.1 Å². The van der Waals surface area contributed by atoms with E-state index in [1.807, 2.05) is 12.3 Å². The molecular formula is C17H16N4O5S. The Hall–Kier alpha value is -3.14. The van der Waals surface area contributed by atoms with E-state index in [-0.39, 0.29) is 25.7 Å². The highest BCUT2D eigenvalue weighted by Gasteiger charge is 2.39. The van der Waals surface area contributed by atoms with Gasteiger partial charge in [0.1, 0.15) is 6.04 Å². The van der Waals surface area contributed by atoms with Crippen molar-refractivity contribution in [1.29, 1.82) is 0 Å². The molecule has 2 aliphatic heterocycles. The van der Waals surface area contributed by atoms with Gasteiger partial charge in [-0.2, -0.15) is 0 Å².